The van der Waals surface area contributed by atoms with Crippen molar-refractivity contribution in [1.29, 1.82) is 0 Å². The predicted molar refractivity (Wildman–Crippen MR) is 184 cm³/mol. The fraction of sp³-hybridized carbons (Fsp3) is 0.784. The van der Waals surface area contributed by atoms with Gasteiger partial charge in [0.15, 0.2) is 6.10 Å². The van der Waals surface area contributed by atoms with Gasteiger partial charge in [-0.25, -0.2) is 4.79 Å². The SMILES string of the molecule is CCC(O)C(C)C1OC1CC(C)(O)/C=C/C=C(\C)C1OC(=O)CC(O)CCC(C)(O)C(OC(=O)N(C)CCN2CCCCC2)/C=C/C1C. The van der Waals surface area contributed by atoms with Gasteiger partial charge in [-0.3, -0.25) is 4.79 Å². The lowest BCUT2D eigenvalue weighted by Crippen LogP contribution is -2.45. The second kappa shape index (κ2) is 18.1. The summed E-state index contributed by atoms with van der Waals surface area (Å²) in [5.41, 5.74) is -1.94. The van der Waals surface area contributed by atoms with Gasteiger partial charge in [-0.05, 0) is 77.6 Å². The molecule has 3 aliphatic rings. The van der Waals surface area contributed by atoms with Gasteiger partial charge >= 0.3 is 12.1 Å². The van der Waals surface area contributed by atoms with E-state index in [2.05, 4.69) is 4.90 Å². The molecule has 11 nitrogen and oxygen atoms in total. The number of hydrogen-bond donors (Lipinski definition) is 4. The second-order valence-corrected chi connectivity index (χ2v) is 14.8. The van der Waals surface area contributed by atoms with E-state index in [0.29, 0.717) is 25.0 Å². The first kappa shape index (κ1) is 40.2. The number of allylic oxidation sites excluding steroid dienone is 2. The molecule has 0 aromatic carbocycles. The van der Waals surface area contributed by atoms with E-state index in [1.54, 1.807) is 51.3 Å². The van der Waals surface area contributed by atoms with E-state index in [0.717, 1.165) is 32.5 Å². The Morgan fingerprint density at radius 1 is 1.27 bits per heavy atom. The van der Waals surface area contributed by atoms with Gasteiger partial charge in [-0.2, -0.15) is 0 Å². The fourth-order valence-corrected chi connectivity index (χ4v) is 6.57. The first-order valence-electron chi connectivity index (χ1n) is 17.9. The Labute approximate surface area is 287 Å². The number of carbonyl (C=O) groups excluding carboxylic acids is 2. The average Bonchev–Trinajstić information content (AvgIpc) is 3.80. The number of ether oxygens (including phenoxy) is 3. The Bertz CT molecular complexity index is 1130. The number of likely N-dealkylation sites (N-methyl/N-ethyl adjacent to an activating group) is 1. The highest BCUT2D eigenvalue weighted by Crippen LogP contribution is 2.37. The zero-order valence-corrected chi connectivity index (χ0v) is 30.2. The quantitative estimate of drug-likeness (QED) is 0.103. The number of nitrogens with zero attached hydrogens (tertiary/aromatic N) is 2. The van der Waals surface area contributed by atoms with Crippen molar-refractivity contribution >= 4 is 12.1 Å². The standard InChI is InChI=1S/C37H62N2O9/c1-8-29(41)27(4)34-30(46-34)24-36(5,44)17-12-13-25(2)33-26(3)14-15-31(37(6,45)18-16-28(40)23-32(42)48-33)47-35(43)38(7)21-22-39-19-10-9-11-20-39/h12-15,17,26-31,33-34,40-41,44-45H,8-11,16,18-24H2,1-7H3/b15-14+,17-12+,25-13+. The summed E-state index contributed by atoms with van der Waals surface area (Å²) < 4.78 is 17.5. The minimum atomic E-state index is -1.49. The minimum absolute atomic E-state index is 0.0112. The minimum Gasteiger partial charge on any atom is -0.457 e. The number of aliphatic hydroxyl groups is 4. The smallest absolute Gasteiger partial charge is 0.410 e. The van der Waals surface area contributed by atoms with Gasteiger partial charge in [-0.15, -0.1) is 0 Å². The number of aliphatic hydroxyl groups excluding tert-OH is 2. The van der Waals surface area contributed by atoms with Gasteiger partial charge in [0.2, 0.25) is 0 Å². The highest BCUT2D eigenvalue weighted by atomic mass is 16.6. The maximum absolute atomic E-state index is 13.1. The first-order valence-corrected chi connectivity index (χ1v) is 17.9. The van der Waals surface area contributed by atoms with Gasteiger partial charge in [0.05, 0.1) is 36.4 Å². The van der Waals surface area contributed by atoms with Crippen LogP contribution in [0.25, 0.3) is 0 Å². The highest BCUT2D eigenvalue weighted by molar-refractivity contribution is 5.70. The molecule has 2 saturated heterocycles. The summed E-state index contributed by atoms with van der Waals surface area (Å²) in [5.74, 6) is -0.949. The van der Waals surface area contributed by atoms with Gasteiger partial charge in [0, 0.05) is 38.4 Å². The van der Waals surface area contributed by atoms with E-state index in [-0.39, 0.29) is 43.3 Å². The van der Waals surface area contributed by atoms with Crippen LogP contribution in [0.5, 0.6) is 0 Å². The highest BCUT2D eigenvalue weighted by Gasteiger charge is 2.47. The van der Waals surface area contributed by atoms with Gasteiger partial charge in [0.1, 0.15) is 11.7 Å². The molecule has 3 aliphatic heterocycles. The molecule has 0 radical (unpaired) electrons. The number of carbonyl (C=O) groups is 2. The van der Waals surface area contributed by atoms with Crippen LogP contribution in [0, 0.1) is 11.8 Å². The zero-order chi connectivity index (χ0) is 35.6. The normalized spacial score (nSPS) is 34.2. The topological polar surface area (TPSA) is 153 Å². The molecule has 3 rings (SSSR count). The molecule has 274 valence electrons. The molecule has 48 heavy (non-hydrogen) atoms. The molecule has 0 saturated carbocycles. The molecule has 0 aromatic heterocycles. The van der Waals surface area contributed by atoms with Crippen LogP contribution in [0.3, 0.4) is 0 Å². The summed E-state index contributed by atoms with van der Waals surface area (Å²) in [6.07, 6.45) is 9.21. The number of amides is 1. The third-order valence-corrected chi connectivity index (χ3v) is 10.1. The van der Waals surface area contributed by atoms with Crippen LogP contribution in [-0.2, 0) is 19.0 Å². The average molecular weight is 679 g/mol. The molecule has 0 bridgehead atoms. The lowest BCUT2D eigenvalue weighted by atomic mass is 9.88. The van der Waals surface area contributed by atoms with Crippen molar-refractivity contribution in [2.75, 3.05) is 33.2 Å². The number of epoxide rings is 1. The Kier molecular flexibility index (Phi) is 15.1. The molecule has 2 fully saturated rings. The molecule has 10 atom stereocenters. The van der Waals surface area contributed by atoms with Crippen molar-refractivity contribution in [3.8, 4) is 0 Å². The van der Waals surface area contributed by atoms with Crippen molar-refractivity contribution in [1.82, 2.24) is 9.80 Å². The lowest BCUT2D eigenvalue weighted by molar-refractivity contribution is -0.151. The van der Waals surface area contributed by atoms with Crippen LogP contribution < -0.4 is 0 Å². The third-order valence-electron chi connectivity index (χ3n) is 10.1. The largest absolute Gasteiger partial charge is 0.457 e. The molecule has 0 aromatic rings. The van der Waals surface area contributed by atoms with Gasteiger partial charge in [-0.1, -0.05) is 51.5 Å². The van der Waals surface area contributed by atoms with Crippen molar-refractivity contribution < 1.29 is 44.2 Å². The molecule has 11 heteroatoms. The zero-order valence-electron chi connectivity index (χ0n) is 30.2. The van der Waals surface area contributed by atoms with Crippen LogP contribution in [0.15, 0.2) is 36.0 Å². The van der Waals surface area contributed by atoms with Gasteiger partial charge < -0.3 is 44.4 Å². The van der Waals surface area contributed by atoms with Crippen molar-refractivity contribution in [3.05, 3.63) is 36.0 Å². The van der Waals surface area contributed by atoms with Crippen LogP contribution in [0.4, 0.5) is 4.79 Å². The molecule has 10 unspecified atom stereocenters. The van der Waals surface area contributed by atoms with E-state index in [1.165, 1.54) is 11.3 Å². The molecule has 0 spiro atoms. The molecule has 0 aliphatic carbocycles. The number of rotatable bonds is 12. The summed E-state index contributed by atoms with van der Waals surface area (Å²) in [6.45, 7) is 14.2. The van der Waals surface area contributed by atoms with E-state index < -0.39 is 47.7 Å². The fourth-order valence-electron chi connectivity index (χ4n) is 6.57. The van der Waals surface area contributed by atoms with E-state index in [9.17, 15) is 30.0 Å². The first-order chi connectivity index (χ1) is 22.5. The van der Waals surface area contributed by atoms with Crippen molar-refractivity contribution in [2.24, 2.45) is 11.8 Å². The number of hydrogen-bond acceptors (Lipinski definition) is 10. The number of piperidine rings is 1. The number of cyclic esters (lactones) is 1. The van der Waals surface area contributed by atoms with Gasteiger partial charge in [0.25, 0.3) is 0 Å². The van der Waals surface area contributed by atoms with Crippen LogP contribution >= 0.6 is 0 Å². The lowest BCUT2D eigenvalue weighted by Gasteiger charge is -2.34. The summed E-state index contributed by atoms with van der Waals surface area (Å²) in [4.78, 5) is 29.8. The summed E-state index contributed by atoms with van der Waals surface area (Å²) in [7, 11) is 1.69. The summed E-state index contributed by atoms with van der Waals surface area (Å²) in [6, 6.07) is 0. The maximum Gasteiger partial charge on any atom is 0.410 e. The Morgan fingerprint density at radius 3 is 2.62 bits per heavy atom. The Balaban J connectivity index is 1.71. The molecule has 3 heterocycles. The number of likely N-dealkylation sites (tertiary alicyclic amines) is 1. The monoisotopic (exact) mass is 678 g/mol. The second-order valence-electron chi connectivity index (χ2n) is 14.8. The Morgan fingerprint density at radius 2 is 1.96 bits per heavy atom. The van der Waals surface area contributed by atoms with E-state index >= 15 is 0 Å². The third kappa shape index (κ3) is 12.6. The summed E-state index contributed by atoms with van der Waals surface area (Å²) >= 11 is 0. The van der Waals surface area contributed by atoms with Crippen LogP contribution in [0.2, 0.25) is 0 Å². The summed E-state index contributed by atoms with van der Waals surface area (Å²) in [5, 5.41) is 43.2. The van der Waals surface area contributed by atoms with Crippen LogP contribution in [-0.4, -0.2) is 123 Å². The van der Waals surface area contributed by atoms with Crippen molar-refractivity contribution in [3.63, 3.8) is 0 Å². The van der Waals surface area contributed by atoms with E-state index in [4.69, 9.17) is 14.2 Å². The number of esters is 1. The molecule has 1 amide bonds. The molecule has 4 N–H and O–H groups in total. The molecular formula is C37H62N2O9. The predicted octanol–water partition coefficient (Wildman–Crippen LogP) is 4.13. The van der Waals surface area contributed by atoms with Crippen molar-refractivity contribution in [2.45, 2.75) is 141 Å². The maximum atomic E-state index is 13.1. The Hall–Kier alpha value is -2.28. The molecular weight excluding hydrogens is 616 g/mol. The van der Waals surface area contributed by atoms with E-state index in [1.807, 2.05) is 27.7 Å². The van der Waals surface area contributed by atoms with Crippen LogP contribution in [0.1, 0.15) is 92.9 Å².